The van der Waals surface area contributed by atoms with Crippen LogP contribution in [0.2, 0.25) is 0 Å². The molecule has 1 aliphatic carbocycles. The van der Waals surface area contributed by atoms with Gasteiger partial charge in [-0.3, -0.25) is 15.0 Å². The van der Waals surface area contributed by atoms with Crippen LogP contribution in [0.25, 0.3) is 0 Å². The summed E-state index contributed by atoms with van der Waals surface area (Å²) in [6, 6.07) is 4.14. The van der Waals surface area contributed by atoms with Crippen LogP contribution in [-0.4, -0.2) is 40.5 Å². The fourth-order valence-corrected chi connectivity index (χ4v) is 3.93. The fourth-order valence-electron chi connectivity index (χ4n) is 3.93. The molecule has 1 aromatic rings. The third-order valence-electron chi connectivity index (χ3n) is 5.50. The highest BCUT2D eigenvalue weighted by molar-refractivity contribution is 5.95. The van der Waals surface area contributed by atoms with Crippen LogP contribution >= 0.6 is 0 Å². The predicted octanol–water partition coefficient (Wildman–Crippen LogP) is 2.27. The standard InChI is InChI=1S/C18H28N4O2/c1-13-6-3-4-7-15(13)19-18(24)20-17(23)12-22-11-10-21-9-5-8-16(21)14(22)2/h5,8-9,13-15H,3-4,6-7,10-12H2,1-2H3,(H2,19,20,23,24). The van der Waals surface area contributed by atoms with Gasteiger partial charge in [-0.2, -0.15) is 0 Å². The number of nitrogens with one attached hydrogen (secondary N) is 2. The number of carbonyl (C=O) groups excluding carboxylic acids is 2. The Hall–Kier alpha value is -1.82. The summed E-state index contributed by atoms with van der Waals surface area (Å²) < 4.78 is 2.22. The third kappa shape index (κ3) is 3.80. The molecule has 1 fully saturated rings. The second kappa shape index (κ2) is 7.38. The maximum absolute atomic E-state index is 12.2. The summed E-state index contributed by atoms with van der Waals surface area (Å²) >= 11 is 0. The number of aromatic nitrogens is 1. The summed E-state index contributed by atoms with van der Waals surface area (Å²) in [5.74, 6) is 0.248. The van der Waals surface area contributed by atoms with Gasteiger partial charge in [0.25, 0.3) is 0 Å². The Morgan fingerprint density at radius 3 is 2.79 bits per heavy atom. The maximum Gasteiger partial charge on any atom is 0.321 e. The summed E-state index contributed by atoms with van der Waals surface area (Å²) in [5.41, 5.74) is 1.22. The molecule has 6 nitrogen and oxygen atoms in total. The quantitative estimate of drug-likeness (QED) is 0.892. The van der Waals surface area contributed by atoms with E-state index in [1.165, 1.54) is 12.1 Å². The van der Waals surface area contributed by atoms with E-state index in [-0.39, 0.29) is 30.6 Å². The number of carbonyl (C=O) groups is 2. The Morgan fingerprint density at radius 1 is 1.21 bits per heavy atom. The molecule has 24 heavy (non-hydrogen) atoms. The second-order valence-electron chi connectivity index (χ2n) is 7.16. The lowest BCUT2D eigenvalue weighted by Gasteiger charge is -2.34. The summed E-state index contributed by atoms with van der Waals surface area (Å²) in [7, 11) is 0. The van der Waals surface area contributed by atoms with Crippen LogP contribution in [0.1, 0.15) is 51.3 Å². The van der Waals surface area contributed by atoms with Crippen LogP contribution in [0.3, 0.4) is 0 Å². The second-order valence-corrected chi connectivity index (χ2v) is 7.16. The molecule has 132 valence electrons. The Labute approximate surface area is 143 Å². The fraction of sp³-hybridized carbons (Fsp3) is 0.667. The molecule has 0 saturated heterocycles. The molecule has 0 aromatic carbocycles. The molecule has 3 atom stereocenters. The van der Waals surface area contributed by atoms with Crippen molar-refractivity contribution in [3.8, 4) is 0 Å². The van der Waals surface area contributed by atoms with Crippen LogP contribution in [-0.2, 0) is 11.3 Å². The van der Waals surface area contributed by atoms with Crippen molar-refractivity contribution in [3.05, 3.63) is 24.0 Å². The van der Waals surface area contributed by atoms with Crippen LogP contribution in [0.4, 0.5) is 4.79 Å². The largest absolute Gasteiger partial charge is 0.349 e. The highest BCUT2D eigenvalue weighted by Gasteiger charge is 2.27. The summed E-state index contributed by atoms with van der Waals surface area (Å²) in [5, 5.41) is 5.46. The minimum Gasteiger partial charge on any atom is -0.349 e. The molecule has 1 aromatic heterocycles. The van der Waals surface area contributed by atoms with Crippen molar-refractivity contribution in [1.29, 1.82) is 0 Å². The van der Waals surface area contributed by atoms with Crippen LogP contribution < -0.4 is 10.6 Å². The molecule has 2 N–H and O–H groups in total. The van der Waals surface area contributed by atoms with Gasteiger partial charge in [0.2, 0.25) is 5.91 Å². The van der Waals surface area contributed by atoms with Gasteiger partial charge < -0.3 is 9.88 Å². The van der Waals surface area contributed by atoms with E-state index in [2.05, 4.69) is 46.2 Å². The number of fused-ring (bicyclic) bond motifs is 1. The minimum atomic E-state index is -0.355. The summed E-state index contributed by atoms with van der Waals surface area (Å²) in [6.45, 7) is 6.21. The summed E-state index contributed by atoms with van der Waals surface area (Å²) in [4.78, 5) is 26.4. The third-order valence-corrected chi connectivity index (χ3v) is 5.50. The Balaban J connectivity index is 1.48. The molecule has 0 spiro atoms. The lowest BCUT2D eigenvalue weighted by Crippen LogP contribution is -2.50. The lowest BCUT2D eigenvalue weighted by atomic mass is 9.86. The van der Waals surface area contributed by atoms with Crippen LogP contribution in [0.5, 0.6) is 0 Å². The molecule has 0 radical (unpaired) electrons. The van der Waals surface area contributed by atoms with Gasteiger partial charge in [0, 0.05) is 37.1 Å². The van der Waals surface area contributed by atoms with Gasteiger partial charge in [0.15, 0.2) is 0 Å². The first kappa shape index (κ1) is 17.0. The first-order chi connectivity index (χ1) is 11.5. The van der Waals surface area contributed by atoms with Crippen molar-refractivity contribution in [2.45, 2.75) is 58.2 Å². The molecule has 0 bridgehead atoms. The van der Waals surface area contributed by atoms with E-state index in [1.807, 2.05) is 6.07 Å². The molecule has 2 aliphatic rings. The zero-order chi connectivity index (χ0) is 17.1. The molecule has 1 saturated carbocycles. The van der Waals surface area contributed by atoms with Crippen LogP contribution in [0.15, 0.2) is 18.3 Å². The molecular formula is C18H28N4O2. The number of hydrogen-bond donors (Lipinski definition) is 2. The smallest absolute Gasteiger partial charge is 0.321 e. The van der Waals surface area contributed by atoms with E-state index in [1.54, 1.807) is 0 Å². The Morgan fingerprint density at radius 2 is 2.00 bits per heavy atom. The minimum absolute atomic E-state index is 0.181. The number of nitrogens with zero attached hydrogens (tertiary/aromatic N) is 2. The van der Waals surface area contributed by atoms with E-state index < -0.39 is 0 Å². The van der Waals surface area contributed by atoms with Crippen molar-refractivity contribution in [2.75, 3.05) is 13.1 Å². The van der Waals surface area contributed by atoms with Crippen LogP contribution in [0, 0.1) is 5.92 Å². The number of urea groups is 1. The molecule has 3 unspecified atom stereocenters. The highest BCUT2D eigenvalue weighted by Crippen LogP contribution is 2.25. The number of hydrogen-bond acceptors (Lipinski definition) is 3. The van der Waals surface area contributed by atoms with Gasteiger partial charge in [-0.05, 0) is 37.8 Å². The average Bonchev–Trinajstić information content (AvgIpc) is 3.01. The maximum atomic E-state index is 12.2. The number of amides is 3. The normalized spacial score (nSPS) is 27.3. The predicted molar refractivity (Wildman–Crippen MR) is 92.5 cm³/mol. The molecule has 2 heterocycles. The van der Waals surface area contributed by atoms with E-state index >= 15 is 0 Å². The number of imide groups is 1. The first-order valence-electron chi connectivity index (χ1n) is 9.04. The van der Waals surface area contributed by atoms with Crippen molar-refractivity contribution < 1.29 is 9.59 Å². The van der Waals surface area contributed by atoms with E-state index in [9.17, 15) is 9.59 Å². The summed E-state index contributed by atoms with van der Waals surface area (Å²) in [6.07, 6.45) is 6.59. The van der Waals surface area contributed by atoms with E-state index in [0.29, 0.717) is 5.92 Å². The topological polar surface area (TPSA) is 66.4 Å². The van der Waals surface area contributed by atoms with Crippen molar-refractivity contribution in [1.82, 2.24) is 20.1 Å². The lowest BCUT2D eigenvalue weighted by molar-refractivity contribution is -0.122. The van der Waals surface area contributed by atoms with Crippen molar-refractivity contribution >= 4 is 11.9 Å². The van der Waals surface area contributed by atoms with Gasteiger partial charge in [-0.25, -0.2) is 4.79 Å². The zero-order valence-electron chi connectivity index (χ0n) is 14.6. The van der Waals surface area contributed by atoms with Crippen molar-refractivity contribution in [3.63, 3.8) is 0 Å². The van der Waals surface area contributed by atoms with E-state index in [4.69, 9.17) is 0 Å². The monoisotopic (exact) mass is 332 g/mol. The van der Waals surface area contributed by atoms with Gasteiger partial charge in [-0.15, -0.1) is 0 Å². The SMILES string of the molecule is CC1CCCCC1NC(=O)NC(=O)CN1CCn2cccc2C1C. The first-order valence-corrected chi connectivity index (χ1v) is 9.04. The van der Waals surface area contributed by atoms with Gasteiger partial charge in [0.05, 0.1) is 6.54 Å². The number of rotatable bonds is 3. The molecule has 1 aliphatic heterocycles. The zero-order valence-corrected chi connectivity index (χ0v) is 14.6. The van der Waals surface area contributed by atoms with Gasteiger partial charge in [-0.1, -0.05) is 19.8 Å². The van der Waals surface area contributed by atoms with E-state index in [0.717, 1.165) is 32.4 Å². The van der Waals surface area contributed by atoms with Gasteiger partial charge >= 0.3 is 6.03 Å². The van der Waals surface area contributed by atoms with Crippen molar-refractivity contribution in [2.24, 2.45) is 5.92 Å². The average molecular weight is 332 g/mol. The molecular weight excluding hydrogens is 304 g/mol. The van der Waals surface area contributed by atoms with Gasteiger partial charge in [0.1, 0.15) is 0 Å². The highest BCUT2D eigenvalue weighted by atomic mass is 16.2. The molecule has 3 rings (SSSR count). The Kier molecular flexibility index (Phi) is 5.23. The Bertz CT molecular complexity index is 598. The molecule has 3 amide bonds. The molecule has 6 heteroatoms.